The van der Waals surface area contributed by atoms with Gasteiger partial charge in [0.2, 0.25) is 0 Å². The highest BCUT2D eigenvalue weighted by Gasteiger charge is 2.63. The molecule has 6 heteroatoms. The molecule has 4 nitrogen and oxygen atoms in total. The van der Waals surface area contributed by atoms with Crippen molar-refractivity contribution in [3.8, 4) is 11.3 Å². The van der Waals surface area contributed by atoms with Crippen molar-refractivity contribution >= 4 is 0 Å². The third-order valence-electron chi connectivity index (χ3n) is 6.97. The lowest BCUT2D eigenvalue weighted by atomic mass is 9.56. The standard InChI is InChI=1S/C22H21F2N3O/c1-12-20(28-11-25-12)22-9-5-6-14(21(22,2)3)13-10-17(26-27-19(13)22)18-15(23)7-4-8-16(18)24/h4,7-8,10-11,14H,5-6,9H2,1-3H3. The van der Waals surface area contributed by atoms with Gasteiger partial charge in [0.15, 0.2) is 6.39 Å². The molecule has 2 aliphatic rings. The van der Waals surface area contributed by atoms with Crippen LogP contribution in [0, 0.1) is 24.0 Å². The summed E-state index contributed by atoms with van der Waals surface area (Å²) in [4.78, 5) is 4.32. The molecule has 0 N–H and O–H groups in total. The van der Waals surface area contributed by atoms with E-state index >= 15 is 0 Å². The lowest BCUT2D eigenvalue weighted by Gasteiger charge is -2.46. The van der Waals surface area contributed by atoms with Gasteiger partial charge in [-0.2, -0.15) is 5.10 Å². The van der Waals surface area contributed by atoms with Crippen molar-refractivity contribution in [2.24, 2.45) is 5.41 Å². The van der Waals surface area contributed by atoms with Gasteiger partial charge in [-0.15, -0.1) is 5.10 Å². The fraction of sp³-hybridized carbons (Fsp3) is 0.409. The summed E-state index contributed by atoms with van der Waals surface area (Å²) in [5.41, 5.74) is 2.26. The van der Waals surface area contributed by atoms with Gasteiger partial charge in [0.05, 0.1) is 28.1 Å². The molecule has 2 aliphatic carbocycles. The van der Waals surface area contributed by atoms with Gasteiger partial charge >= 0.3 is 0 Å². The van der Waals surface area contributed by atoms with Crippen LogP contribution in [-0.4, -0.2) is 15.2 Å². The van der Waals surface area contributed by atoms with Crippen molar-refractivity contribution in [3.63, 3.8) is 0 Å². The van der Waals surface area contributed by atoms with Gasteiger partial charge in [-0.05, 0) is 54.9 Å². The molecule has 1 saturated carbocycles. The summed E-state index contributed by atoms with van der Waals surface area (Å²) in [5.74, 6) is -0.213. The molecule has 0 aliphatic heterocycles. The van der Waals surface area contributed by atoms with Gasteiger partial charge in [-0.3, -0.25) is 0 Å². The molecule has 2 bridgehead atoms. The molecule has 0 amide bonds. The molecule has 2 unspecified atom stereocenters. The van der Waals surface area contributed by atoms with Gasteiger partial charge < -0.3 is 4.42 Å². The fourth-order valence-electron chi connectivity index (χ4n) is 5.61. The molecule has 2 heterocycles. The van der Waals surface area contributed by atoms with Gasteiger partial charge in [0.1, 0.15) is 17.4 Å². The molecule has 0 radical (unpaired) electrons. The zero-order valence-corrected chi connectivity index (χ0v) is 16.1. The van der Waals surface area contributed by atoms with Gasteiger partial charge in [0, 0.05) is 0 Å². The first-order chi connectivity index (χ1) is 13.4. The maximum absolute atomic E-state index is 14.3. The number of halogens is 2. The Balaban J connectivity index is 1.77. The van der Waals surface area contributed by atoms with Crippen LogP contribution < -0.4 is 0 Å². The van der Waals surface area contributed by atoms with Crippen molar-refractivity contribution in [2.45, 2.75) is 51.4 Å². The molecule has 0 spiro atoms. The second kappa shape index (κ2) is 5.69. The van der Waals surface area contributed by atoms with Crippen LogP contribution in [0.4, 0.5) is 8.78 Å². The van der Waals surface area contributed by atoms with E-state index in [1.807, 2.05) is 13.0 Å². The van der Waals surface area contributed by atoms with E-state index in [1.54, 1.807) is 0 Å². The van der Waals surface area contributed by atoms with Crippen LogP contribution in [0.15, 0.2) is 35.1 Å². The Morgan fingerprint density at radius 1 is 1.14 bits per heavy atom. The molecule has 3 aromatic rings. The summed E-state index contributed by atoms with van der Waals surface area (Å²) in [7, 11) is 0. The normalized spacial score (nSPS) is 25.0. The van der Waals surface area contributed by atoms with Crippen LogP contribution in [0.3, 0.4) is 0 Å². The van der Waals surface area contributed by atoms with E-state index < -0.39 is 17.0 Å². The van der Waals surface area contributed by atoms with Crippen LogP contribution in [-0.2, 0) is 5.41 Å². The van der Waals surface area contributed by atoms with Gasteiger partial charge in [0.25, 0.3) is 0 Å². The highest BCUT2D eigenvalue weighted by molar-refractivity contribution is 5.63. The smallest absolute Gasteiger partial charge is 0.181 e. The SMILES string of the molecule is Cc1ncoc1C12CCCC(c3cc(-c4c(F)cccc4F)nnc31)C2(C)C. The highest BCUT2D eigenvalue weighted by Crippen LogP contribution is 2.67. The van der Waals surface area contributed by atoms with E-state index in [-0.39, 0.29) is 22.6 Å². The van der Waals surface area contributed by atoms with Crippen molar-refractivity contribution < 1.29 is 13.2 Å². The van der Waals surface area contributed by atoms with Crippen LogP contribution in [0.2, 0.25) is 0 Å². The zero-order valence-electron chi connectivity index (χ0n) is 16.1. The topological polar surface area (TPSA) is 51.8 Å². The molecule has 2 atom stereocenters. The number of hydrogen-bond acceptors (Lipinski definition) is 4. The summed E-state index contributed by atoms with van der Waals surface area (Å²) < 4.78 is 34.5. The second-order valence-corrected chi connectivity index (χ2v) is 8.47. The minimum Gasteiger partial charge on any atom is -0.447 e. The van der Waals surface area contributed by atoms with Crippen LogP contribution >= 0.6 is 0 Å². The third-order valence-corrected chi connectivity index (χ3v) is 6.97. The van der Waals surface area contributed by atoms with E-state index in [2.05, 4.69) is 29.0 Å². The number of benzene rings is 1. The van der Waals surface area contributed by atoms with Crippen molar-refractivity contribution in [1.82, 2.24) is 15.2 Å². The van der Waals surface area contributed by atoms with E-state index in [0.29, 0.717) is 0 Å². The quantitative estimate of drug-likeness (QED) is 0.603. The number of fused-ring (bicyclic) bond motifs is 5. The minimum absolute atomic E-state index is 0.123. The maximum Gasteiger partial charge on any atom is 0.181 e. The molecule has 28 heavy (non-hydrogen) atoms. The first kappa shape index (κ1) is 17.5. The Morgan fingerprint density at radius 3 is 2.57 bits per heavy atom. The highest BCUT2D eigenvalue weighted by atomic mass is 19.1. The lowest BCUT2D eigenvalue weighted by Crippen LogP contribution is -2.44. The predicted octanol–water partition coefficient (Wildman–Crippen LogP) is 5.31. The van der Waals surface area contributed by atoms with Crippen molar-refractivity contribution in [2.75, 3.05) is 0 Å². The van der Waals surface area contributed by atoms with Crippen molar-refractivity contribution in [3.05, 3.63) is 65.0 Å². The number of hydrogen-bond donors (Lipinski definition) is 0. The van der Waals surface area contributed by atoms with Gasteiger partial charge in [-0.25, -0.2) is 13.8 Å². The largest absolute Gasteiger partial charge is 0.447 e. The van der Waals surface area contributed by atoms with Crippen LogP contribution in [0.5, 0.6) is 0 Å². The Bertz CT molecular complexity index is 1070. The van der Waals surface area contributed by atoms with Gasteiger partial charge in [-0.1, -0.05) is 26.3 Å². The summed E-state index contributed by atoms with van der Waals surface area (Å²) >= 11 is 0. The molecule has 144 valence electrons. The molecule has 5 rings (SSSR count). The number of rotatable bonds is 2. The summed E-state index contributed by atoms with van der Waals surface area (Å²) in [6, 6.07) is 5.67. The average Bonchev–Trinajstić information content (AvgIpc) is 3.07. The summed E-state index contributed by atoms with van der Waals surface area (Å²) in [5, 5.41) is 8.82. The zero-order chi connectivity index (χ0) is 19.7. The predicted molar refractivity (Wildman–Crippen MR) is 99.8 cm³/mol. The van der Waals surface area contributed by atoms with E-state index in [1.165, 1.54) is 24.6 Å². The third kappa shape index (κ3) is 2.01. The molecule has 0 saturated heterocycles. The second-order valence-electron chi connectivity index (χ2n) is 8.47. The molecule has 1 fully saturated rings. The minimum atomic E-state index is -0.629. The van der Waals surface area contributed by atoms with E-state index in [0.717, 1.165) is 42.0 Å². The monoisotopic (exact) mass is 381 g/mol. The molecular weight excluding hydrogens is 360 g/mol. The average molecular weight is 381 g/mol. The first-order valence-corrected chi connectivity index (χ1v) is 9.61. The maximum atomic E-state index is 14.3. The number of aromatic nitrogens is 3. The van der Waals surface area contributed by atoms with E-state index in [9.17, 15) is 8.78 Å². The number of oxazole rings is 1. The molecule has 1 aromatic carbocycles. The molecule has 2 aromatic heterocycles. The Morgan fingerprint density at radius 2 is 1.89 bits per heavy atom. The Kier molecular flexibility index (Phi) is 3.55. The van der Waals surface area contributed by atoms with Crippen LogP contribution in [0.1, 0.15) is 61.7 Å². The number of aryl methyl sites for hydroxylation is 1. The molecular formula is C22H21F2N3O. The summed E-state index contributed by atoms with van der Waals surface area (Å²) in [6.45, 7) is 6.40. The summed E-state index contributed by atoms with van der Waals surface area (Å²) in [6.07, 6.45) is 4.39. The van der Waals surface area contributed by atoms with Crippen LogP contribution in [0.25, 0.3) is 11.3 Å². The Labute approximate surface area is 162 Å². The van der Waals surface area contributed by atoms with Crippen molar-refractivity contribution in [1.29, 1.82) is 0 Å². The first-order valence-electron chi connectivity index (χ1n) is 9.61. The lowest BCUT2D eigenvalue weighted by molar-refractivity contribution is 0.103. The Hall–Kier alpha value is -2.63. The van der Waals surface area contributed by atoms with E-state index in [4.69, 9.17) is 4.42 Å². The number of nitrogens with zero attached hydrogens (tertiary/aromatic N) is 3. The fourth-order valence-corrected chi connectivity index (χ4v) is 5.61.